The largest absolute Gasteiger partial charge is 0.460 e. The molecule has 154 valence electrons. The van der Waals surface area contributed by atoms with Crippen LogP contribution in [0, 0.1) is 11.7 Å². The third-order valence-corrected chi connectivity index (χ3v) is 6.02. The second-order valence-corrected chi connectivity index (χ2v) is 9.36. The van der Waals surface area contributed by atoms with Crippen LogP contribution in [0.3, 0.4) is 0 Å². The van der Waals surface area contributed by atoms with Crippen molar-refractivity contribution in [2.24, 2.45) is 10.9 Å². The number of carbonyl (C=O) groups excluding carboxylic acids is 1. The number of halogens is 2. The van der Waals surface area contributed by atoms with Crippen molar-refractivity contribution in [3.8, 4) is 0 Å². The van der Waals surface area contributed by atoms with Crippen molar-refractivity contribution in [1.29, 1.82) is 0 Å². The van der Waals surface area contributed by atoms with Gasteiger partial charge >= 0.3 is 5.97 Å². The Hall–Kier alpha value is -1.67. The molecule has 0 amide bonds. The summed E-state index contributed by atoms with van der Waals surface area (Å²) in [5.41, 5.74) is 5.02. The fourth-order valence-electron chi connectivity index (χ4n) is 3.66. The molecule has 28 heavy (non-hydrogen) atoms. The highest BCUT2D eigenvalue weighted by atomic mass is 32.2. The van der Waals surface area contributed by atoms with Crippen LogP contribution in [-0.4, -0.2) is 41.8 Å². The van der Waals surface area contributed by atoms with E-state index in [2.05, 4.69) is 0 Å². The van der Waals surface area contributed by atoms with E-state index in [1.807, 2.05) is 0 Å². The number of anilines is 1. The molecule has 0 saturated carbocycles. The van der Waals surface area contributed by atoms with Crippen LogP contribution in [0.2, 0.25) is 0 Å². The molecule has 0 unspecified atom stereocenters. The van der Waals surface area contributed by atoms with Crippen molar-refractivity contribution in [3.63, 3.8) is 0 Å². The number of hydrogen-bond donors (Lipinski definition) is 1. The number of aliphatic imine (C=N–C) groups is 1. The van der Waals surface area contributed by atoms with E-state index >= 15 is 0 Å². The van der Waals surface area contributed by atoms with Gasteiger partial charge in [-0.3, -0.25) is 9.79 Å². The van der Waals surface area contributed by atoms with Gasteiger partial charge in [-0.05, 0) is 45.4 Å². The number of thioether (sulfide) groups is 1. The van der Waals surface area contributed by atoms with Gasteiger partial charge in [0.05, 0.1) is 24.2 Å². The molecule has 3 rings (SSSR count). The quantitative estimate of drug-likeness (QED) is 0.601. The molecule has 0 aromatic heterocycles. The minimum absolute atomic E-state index is 0.00683. The summed E-state index contributed by atoms with van der Waals surface area (Å²) >= 11 is 1.44. The lowest BCUT2D eigenvalue weighted by atomic mass is 9.75. The molecule has 2 heterocycles. The number of hydrogen-bond acceptors (Lipinski definition) is 6. The Bertz CT molecular complexity index is 781. The second kappa shape index (κ2) is 7.99. The molecular weight excluding hydrogens is 386 g/mol. The molecule has 0 aliphatic carbocycles. The first-order valence-corrected chi connectivity index (χ1v) is 10.3. The summed E-state index contributed by atoms with van der Waals surface area (Å²) in [6, 6.07) is 4.36. The molecule has 5 nitrogen and oxygen atoms in total. The average Bonchev–Trinajstić information content (AvgIpc) is 2.61. The fraction of sp³-hybridized carbons (Fsp3) is 0.600. The minimum Gasteiger partial charge on any atom is -0.460 e. The molecule has 1 saturated heterocycles. The lowest BCUT2D eigenvalue weighted by Gasteiger charge is -2.46. The zero-order valence-corrected chi connectivity index (χ0v) is 17.2. The van der Waals surface area contributed by atoms with E-state index in [4.69, 9.17) is 20.2 Å². The molecule has 2 aliphatic heterocycles. The number of ether oxygens (including phenoxy) is 2. The number of carbonyl (C=O) groups is 1. The van der Waals surface area contributed by atoms with Crippen LogP contribution in [0.1, 0.15) is 39.2 Å². The highest BCUT2D eigenvalue weighted by Gasteiger charge is 2.49. The molecule has 8 heteroatoms. The van der Waals surface area contributed by atoms with E-state index in [1.54, 1.807) is 26.8 Å². The van der Waals surface area contributed by atoms with Crippen molar-refractivity contribution >= 4 is 28.5 Å². The van der Waals surface area contributed by atoms with Gasteiger partial charge in [0.15, 0.2) is 0 Å². The zero-order valence-electron chi connectivity index (χ0n) is 16.3. The van der Waals surface area contributed by atoms with Crippen molar-refractivity contribution in [2.45, 2.75) is 50.9 Å². The van der Waals surface area contributed by atoms with E-state index in [9.17, 15) is 13.6 Å². The Morgan fingerprint density at radius 1 is 1.46 bits per heavy atom. The second-order valence-electron chi connectivity index (χ2n) is 8.26. The standard InChI is InChI=1S/C20H26F2N2O3S/c1-19(2,3)27-18(25)8-17-24-20(15-7-13(23)4-5-16(15)22)11-26-14(9-21)6-12(20)10-28-17/h4-5,7,12,14H,6,8-11,23H2,1-3H3/t12-,14+,20-/m0/s1. The molecule has 0 radical (unpaired) electrons. The SMILES string of the molecule is CC(C)(C)OC(=O)CC1=N[C@@]2(c3cc(N)ccc3F)CO[C@@H](CF)C[C@H]2CS1. The first kappa shape index (κ1) is 21.0. The first-order valence-electron chi connectivity index (χ1n) is 9.29. The van der Waals surface area contributed by atoms with Crippen LogP contribution in [-0.2, 0) is 19.8 Å². The van der Waals surface area contributed by atoms with Crippen LogP contribution >= 0.6 is 11.8 Å². The summed E-state index contributed by atoms with van der Waals surface area (Å²) in [5, 5.41) is 0.564. The lowest BCUT2D eigenvalue weighted by molar-refractivity contribution is -0.153. The lowest BCUT2D eigenvalue weighted by Crippen LogP contribution is -2.50. The van der Waals surface area contributed by atoms with Gasteiger partial charge in [0.1, 0.15) is 23.6 Å². The Morgan fingerprint density at radius 3 is 2.89 bits per heavy atom. The number of benzene rings is 1. The molecule has 3 atom stereocenters. The number of nitrogens with zero attached hydrogens (tertiary/aromatic N) is 1. The normalized spacial score (nSPS) is 27.7. The van der Waals surface area contributed by atoms with Crippen LogP contribution in [0.25, 0.3) is 0 Å². The van der Waals surface area contributed by atoms with Crippen LogP contribution in [0.15, 0.2) is 23.2 Å². The van der Waals surface area contributed by atoms with Crippen LogP contribution < -0.4 is 5.73 Å². The number of nitrogens with two attached hydrogens (primary N) is 1. The predicted octanol–water partition coefficient (Wildman–Crippen LogP) is 3.85. The topological polar surface area (TPSA) is 73.9 Å². The summed E-state index contributed by atoms with van der Waals surface area (Å²) in [4.78, 5) is 17.0. The number of alkyl halides is 1. The number of esters is 1. The number of nitrogen functional groups attached to an aromatic ring is 1. The third-order valence-electron chi connectivity index (χ3n) is 4.88. The van der Waals surface area contributed by atoms with E-state index in [-0.39, 0.29) is 18.9 Å². The molecule has 0 spiro atoms. The average molecular weight is 413 g/mol. The Labute approximate surface area is 168 Å². The van der Waals surface area contributed by atoms with Gasteiger partial charge in [-0.25, -0.2) is 8.78 Å². The highest BCUT2D eigenvalue weighted by Crippen LogP contribution is 2.48. The van der Waals surface area contributed by atoms with Crippen molar-refractivity contribution in [3.05, 3.63) is 29.6 Å². The van der Waals surface area contributed by atoms with Gasteiger partial charge in [-0.2, -0.15) is 0 Å². The third kappa shape index (κ3) is 4.49. The predicted molar refractivity (Wildman–Crippen MR) is 107 cm³/mol. The maximum atomic E-state index is 14.8. The molecular formula is C20H26F2N2O3S. The van der Waals surface area contributed by atoms with E-state index in [0.717, 1.165) is 0 Å². The number of rotatable bonds is 4. The van der Waals surface area contributed by atoms with Gasteiger partial charge in [-0.1, -0.05) is 0 Å². The van der Waals surface area contributed by atoms with Crippen LogP contribution in [0.4, 0.5) is 14.5 Å². The summed E-state index contributed by atoms with van der Waals surface area (Å²) in [7, 11) is 0. The van der Waals surface area contributed by atoms with E-state index < -0.39 is 35.7 Å². The van der Waals surface area contributed by atoms with Crippen molar-refractivity contribution in [1.82, 2.24) is 0 Å². The molecule has 2 N–H and O–H groups in total. The maximum Gasteiger partial charge on any atom is 0.312 e. The minimum atomic E-state index is -1.02. The molecule has 1 aromatic rings. The maximum absolute atomic E-state index is 14.8. The molecule has 0 bridgehead atoms. The number of fused-ring (bicyclic) bond motifs is 1. The Kier molecular flexibility index (Phi) is 6.00. The smallest absolute Gasteiger partial charge is 0.312 e. The van der Waals surface area contributed by atoms with Crippen molar-refractivity contribution < 1.29 is 23.0 Å². The monoisotopic (exact) mass is 412 g/mol. The van der Waals surface area contributed by atoms with E-state index in [0.29, 0.717) is 28.5 Å². The zero-order chi connectivity index (χ0) is 20.5. The van der Waals surface area contributed by atoms with Gasteiger partial charge in [-0.15, -0.1) is 11.8 Å². The van der Waals surface area contributed by atoms with Gasteiger partial charge in [0.25, 0.3) is 0 Å². The van der Waals surface area contributed by atoms with Gasteiger partial charge < -0.3 is 15.2 Å². The summed E-state index contributed by atoms with van der Waals surface area (Å²) in [6.45, 7) is 4.85. The Morgan fingerprint density at radius 2 is 2.21 bits per heavy atom. The highest BCUT2D eigenvalue weighted by molar-refractivity contribution is 8.14. The fourth-order valence-corrected chi connectivity index (χ4v) is 4.91. The first-order chi connectivity index (χ1) is 13.1. The molecule has 1 aromatic carbocycles. The van der Waals surface area contributed by atoms with Gasteiger partial charge in [0, 0.05) is 22.9 Å². The molecule has 2 aliphatic rings. The Balaban J connectivity index is 1.97. The summed E-state index contributed by atoms with van der Waals surface area (Å²) < 4.78 is 39.0. The summed E-state index contributed by atoms with van der Waals surface area (Å²) in [5.74, 6) is -0.353. The van der Waals surface area contributed by atoms with E-state index in [1.165, 1.54) is 23.9 Å². The van der Waals surface area contributed by atoms with Crippen molar-refractivity contribution in [2.75, 3.05) is 24.8 Å². The van der Waals surface area contributed by atoms with Gasteiger partial charge in [0.2, 0.25) is 0 Å². The van der Waals surface area contributed by atoms with Crippen LogP contribution in [0.5, 0.6) is 0 Å². The molecule has 1 fully saturated rings. The summed E-state index contributed by atoms with van der Waals surface area (Å²) in [6.07, 6.45) is -0.0844.